The van der Waals surface area contributed by atoms with E-state index in [-0.39, 0.29) is 5.78 Å². The lowest BCUT2D eigenvalue weighted by atomic mass is 10.1. The molecular weight excluding hydrogens is 174 g/mol. The zero-order valence-electron chi connectivity index (χ0n) is 9.03. The Hall–Kier alpha value is -1.15. The van der Waals surface area contributed by atoms with Crippen LogP contribution in [0, 0.1) is 0 Å². The van der Waals surface area contributed by atoms with Gasteiger partial charge in [-0.05, 0) is 20.9 Å². The maximum atomic E-state index is 11.7. The van der Waals surface area contributed by atoms with Gasteiger partial charge in [0.1, 0.15) is 0 Å². The van der Waals surface area contributed by atoms with Crippen LogP contribution in [-0.4, -0.2) is 30.3 Å². The summed E-state index contributed by atoms with van der Waals surface area (Å²) in [5, 5.41) is 0. The van der Waals surface area contributed by atoms with Gasteiger partial charge in [0.2, 0.25) is 0 Å². The molecule has 76 valence electrons. The van der Waals surface area contributed by atoms with Crippen molar-refractivity contribution in [1.29, 1.82) is 0 Å². The normalized spacial score (nSPS) is 10.9. The third-order valence-electron chi connectivity index (χ3n) is 2.37. The van der Waals surface area contributed by atoms with E-state index in [4.69, 9.17) is 0 Å². The molecule has 0 aromatic heterocycles. The van der Waals surface area contributed by atoms with E-state index in [1.165, 1.54) is 0 Å². The van der Waals surface area contributed by atoms with Gasteiger partial charge in [-0.15, -0.1) is 0 Å². The van der Waals surface area contributed by atoms with E-state index in [0.717, 1.165) is 5.56 Å². The van der Waals surface area contributed by atoms with E-state index in [2.05, 4.69) is 13.8 Å². The molecule has 2 nitrogen and oxygen atoms in total. The van der Waals surface area contributed by atoms with Crippen LogP contribution in [0.15, 0.2) is 30.3 Å². The summed E-state index contributed by atoms with van der Waals surface area (Å²) in [6, 6.07) is 9.82. The van der Waals surface area contributed by atoms with Gasteiger partial charge in [0.15, 0.2) is 5.78 Å². The minimum atomic E-state index is 0.182. The van der Waals surface area contributed by atoms with Crippen molar-refractivity contribution in [3.05, 3.63) is 35.9 Å². The monoisotopic (exact) mass is 191 g/mol. The molecule has 0 amide bonds. The van der Waals surface area contributed by atoms with Crippen molar-refractivity contribution in [1.82, 2.24) is 4.90 Å². The van der Waals surface area contributed by atoms with Crippen molar-refractivity contribution in [3.8, 4) is 0 Å². The average Bonchev–Trinajstić information content (AvgIpc) is 2.19. The Morgan fingerprint density at radius 3 is 2.36 bits per heavy atom. The van der Waals surface area contributed by atoms with Gasteiger partial charge in [-0.25, -0.2) is 0 Å². The number of carbonyl (C=O) groups excluding carboxylic acids is 1. The van der Waals surface area contributed by atoms with Crippen LogP contribution < -0.4 is 0 Å². The lowest BCUT2D eigenvalue weighted by molar-refractivity contribution is 0.0929. The Balaban J connectivity index is 2.60. The first kappa shape index (κ1) is 10.9. The highest BCUT2D eigenvalue weighted by atomic mass is 16.1. The molecule has 2 heteroatoms. The first-order chi connectivity index (χ1) is 6.61. The zero-order chi connectivity index (χ0) is 10.6. The molecule has 0 aliphatic heterocycles. The van der Waals surface area contributed by atoms with Crippen LogP contribution in [0.1, 0.15) is 24.2 Å². The summed E-state index contributed by atoms with van der Waals surface area (Å²) in [6.07, 6.45) is 0. The molecule has 0 N–H and O–H groups in total. The summed E-state index contributed by atoms with van der Waals surface area (Å²) in [4.78, 5) is 13.8. The number of nitrogens with zero attached hydrogens (tertiary/aromatic N) is 1. The van der Waals surface area contributed by atoms with Gasteiger partial charge in [0.05, 0.1) is 6.54 Å². The van der Waals surface area contributed by atoms with Gasteiger partial charge in [0, 0.05) is 11.6 Å². The third kappa shape index (κ3) is 2.96. The zero-order valence-corrected chi connectivity index (χ0v) is 9.03. The first-order valence-electron chi connectivity index (χ1n) is 4.89. The fraction of sp³-hybridized carbons (Fsp3) is 0.417. The first-order valence-corrected chi connectivity index (χ1v) is 4.89. The molecule has 0 aliphatic rings. The fourth-order valence-electron chi connectivity index (χ4n) is 1.12. The molecule has 1 aromatic carbocycles. The number of hydrogen-bond donors (Lipinski definition) is 0. The van der Waals surface area contributed by atoms with Crippen molar-refractivity contribution in [2.75, 3.05) is 13.6 Å². The van der Waals surface area contributed by atoms with E-state index in [0.29, 0.717) is 12.6 Å². The van der Waals surface area contributed by atoms with Crippen LogP contribution in [0.2, 0.25) is 0 Å². The Kier molecular flexibility index (Phi) is 3.84. The molecular formula is C12H17NO. The van der Waals surface area contributed by atoms with Gasteiger partial charge in [0.25, 0.3) is 0 Å². The second kappa shape index (κ2) is 4.91. The Morgan fingerprint density at radius 2 is 1.86 bits per heavy atom. The Morgan fingerprint density at radius 1 is 1.29 bits per heavy atom. The van der Waals surface area contributed by atoms with E-state index in [1.54, 1.807) is 0 Å². The molecule has 0 spiro atoms. The van der Waals surface area contributed by atoms with Crippen LogP contribution in [-0.2, 0) is 0 Å². The molecule has 0 aliphatic carbocycles. The average molecular weight is 191 g/mol. The summed E-state index contributed by atoms with van der Waals surface area (Å²) < 4.78 is 0. The van der Waals surface area contributed by atoms with Gasteiger partial charge in [-0.3, -0.25) is 9.69 Å². The number of hydrogen-bond acceptors (Lipinski definition) is 2. The highest BCUT2D eigenvalue weighted by Gasteiger charge is 2.10. The molecule has 0 unspecified atom stereocenters. The number of benzene rings is 1. The molecule has 0 bridgehead atoms. The topological polar surface area (TPSA) is 20.3 Å². The largest absolute Gasteiger partial charge is 0.296 e. The van der Waals surface area contributed by atoms with Gasteiger partial charge >= 0.3 is 0 Å². The molecule has 0 radical (unpaired) electrons. The summed E-state index contributed by atoms with van der Waals surface area (Å²) in [5.74, 6) is 0.182. The van der Waals surface area contributed by atoms with Crippen LogP contribution in [0.25, 0.3) is 0 Å². The third-order valence-corrected chi connectivity index (χ3v) is 2.37. The highest BCUT2D eigenvalue weighted by Crippen LogP contribution is 2.02. The van der Waals surface area contributed by atoms with Crippen molar-refractivity contribution >= 4 is 5.78 Å². The van der Waals surface area contributed by atoms with E-state index in [9.17, 15) is 4.79 Å². The van der Waals surface area contributed by atoms with Crippen molar-refractivity contribution < 1.29 is 4.79 Å². The van der Waals surface area contributed by atoms with Crippen LogP contribution in [0.5, 0.6) is 0 Å². The minimum absolute atomic E-state index is 0.182. The quantitative estimate of drug-likeness (QED) is 0.680. The van der Waals surface area contributed by atoms with Crippen LogP contribution in [0.4, 0.5) is 0 Å². The second-order valence-electron chi connectivity index (χ2n) is 3.80. The Labute approximate surface area is 85.5 Å². The van der Waals surface area contributed by atoms with Gasteiger partial charge < -0.3 is 0 Å². The lowest BCUT2D eigenvalue weighted by Gasteiger charge is -2.19. The van der Waals surface area contributed by atoms with Crippen molar-refractivity contribution in [2.45, 2.75) is 19.9 Å². The summed E-state index contributed by atoms with van der Waals surface area (Å²) in [5.41, 5.74) is 0.792. The predicted octanol–water partition coefficient (Wildman–Crippen LogP) is 2.21. The minimum Gasteiger partial charge on any atom is -0.296 e. The number of Topliss-reactive ketones (excluding diaryl/α,β-unsaturated/α-hetero) is 1. The van der Waals surface area contributed by atoms with Gasteiger partial charge in [-0.2, -0.15) is 0 Å². The summed E-state index contributed by atoms with van der Waals surface area (Å²) in [6.45, 7) is 4.65. The summed E-state index contributed by atoms with van der Waals surface area (Å²) in [7, 11) is 1.96. The maximum absolute atomic E-state index is 11.7. The summed E-state index contributed by atoms with van der Waals surface area (Å²) >= 11 is 0. The number of rotatable bonds is 4. The molecule has 0 heterocycles. The standard InChI is InChI=1S/C12H17NO/c1-10(2)13(3)9-12(14)11-7-5-4-6-8-11/h4-8,10H,9H2,1-3H3. The molecule has 1 rings (SSSR count). The molecule has 1 aromatic rings. The van der Waals surface area contributed by atoms with Crippen molar-refractivity contribution in [2.24, 2.45) is 0 Å². The Bertz CT molecular complexity index is 292. The fourth-order valence-corrected chi connectivity index (χ4v) is 1.12. The van der Waals surface area contributed by atoms with Crippen molar-refractivity contribution in [3.63, 3.8) is 0 Å². The van der Waals surface area contributed by atoms with E-state index >= 15 is 0 Å². The molecule has 0 saturated heterocycles. The molecule has 14 heavy (non-hydrogen) atoms. The number of carbonyl (C=O) groups is 1. The second-order valence-corrected chi connectivity index (χ2v) is 3.80. The molecule has 0 saturated carbocycles. The van der Waals surface area contributed by atoms with E-state index in [1.807, 2.05) is 42.3 Å². The smallest absolute Gasteiger partial charge is 0.176 e. The number of likely N-dealkylation sites (N-methyl/N-ethyl adjacent to an activating group) is 1. The maximum Gasteiger partial charge on any atom is 0.176 e. The predicted molar refractivity (Wildman–Crippen MR) is 58.5 cm³/mol. The van der Waals surface area contributed by atoms with Crippen LogP contribution >= 0.6 is 0 Å². The SMILES string of the molecule is CC(C)N(C)CC(=O)c1ccccc1. The lowest BCUT2D eigenvalue weighted by Crippen LogP contribution is -2.31. The highest BCUT2D eigenvalue weighted by molar-refractivity contribution is 5.97. The van der Waals surface area contributed by atoms with E-state index < -0.39 is 0 Å². The van der Waals surface area contributed by atoms with Gasteiger partial charge in [-0.1, -0.05) is 30.3 Å². The van der Waals surface area contributed by atoms with Crippen LogP contribution in [0.3, 0.4) is 0 Å². The number of ketones is 1. The molecule has 0 fully saturated rings. The molecule has 0 atom stereocenters.